The van der Waals surface area contributed by atoms with Crippen LogP contribution in [0.1, 0.15) is 32.9 Å². The van der Waals surface area contributed by atoms with Gasteiger partial charge in [-0.2, -0.15) is 0 Å². The summed E-state index contributed by atoms with van der Waals surface area (Å²) in [4.78, 5) is 23.2. The SMILES string of the molecule is Cc1noc(C)c1COc1ccc([N+](=O)[O-])cc1C(=O)NCc1ccccc1. The molecule has 0 fully saturated rings. The molecule has 28 heavy (non-hydrogen) atoms. The van der Waals surface area contributed by atoms with E-state index >= 15 is 0 Å². The number of ether oxygens (including phenoxy) is 1. The van der Waals surface area contributed by atoms with Gasteiger partial charge in [0.05, 0.1) is 21.7 Å². The summed E-state index contributed by atoms with van der Waals surface area (Å²) in [7, 11) is 0. The lowest BCUT2D eigenvalue weighted by molar-refractivity contribution is -0.384. The Bertz CT molecular complexity index is 979. The highest BCUT2D eigenvalue weighted by atomic mass is 16.6. The quantitative estimate of drug-likeness (QED) is 0.494. The van der Waals surface area contributed by atoms with Gasteiger partial charge in [0.25, 0.3) is 11.6 Å². The van der Waals surface area contributed by atoms with Gasteiger partial charge in [-0.15, -0.1) is 0 Å². The average molecular weight is 381 g/mol. The summed E-state index contributed by atoms with van der Waals surface area (Å²) in [6.45, 7) is 3.99. The van der Waals surface area contributed by atoms with Gasteiger partial charge >= 0.3 is 0 Å². The molecule has 0 radical (unpaired) electrons. The van der Waals surface area contributed by atoms with Crippen LogP contribution in [0.3, 0.4) is 0 Å². The lowest BCUT2D eigenvalue weighted by atomic mass is 10.1. The van der Waals surface area contributed by atoms with E-state index in [1.54, 1.807) is 13.8 Å². The predicted octanol–water partition coefficient (Wildman–Crippen LogP) is 3.71. The normalized spacial score (nSPS) is 10.5. The van der Waals surface area contributed by atoms with Gasteiger partial charge in [0.15, 0.2) is 0 Å². The molecule has 1 heterocycles. The van der Waals surface area contributed by atoms with E-state index in [0.717, 1.165) is 11.1 Å². The molecule has 0 aliphatic carbocycles. The minimum Gasteiger partial charge on any atom is -0.488 e. The maximum atomic E-state index is 12.7. The Morgan fingerprint density at radius 3 is 2.61 bits per heavy atom. The van der Waals surface area contributed by atoms with E-state index in [4.69, 9.17) is 9.26 Å². The molecule has 0 spiro atoms. The number of hydrogen-bond donors (Lipinski definition) is 1. The van der Waals surface area contributed by atoms with Gasteiger partial charge in [0.2, 0.25) is 0 Å². The Balaban J connectivity index is 1.81. The summed E-state index contributed by atoms with van der Waals surface area (Å²) >= 11 is 0. The molecule has 1 N–H and O–H groups in total. The maximum absolute atomic E-state index is 12.7. The van der Waals surface area contributed by atoms with Gasteiger partial charge in [0.1, 0.15) is 18.1 Å². The topological polar surface area (TPSA) is 108 Å². The second-order valence-electron chi connectivity index (χ2n) is 6.20. The standard InChI is InChI=1S/C20H19N3O5/c1-13-18(14(2)28-22-13)12-27-19-9-8-16(23(25)26)10-17(19)20(24)21-11-15-6-4-3-5-7-15/h3-10H,11-12H2,1-2H3,(H,21,24). The first-order valence-corrected chi connectivity index (χ1v) is 8.61. The molecule has 0 saturated carbocycles. The number of non-ortho nitro benzene ring substituents is 1. The third kappa shape index (κ3) is 4.35. The summed E-state index contributed by atoms with van der Waals surface area (Å²) in [6.07, 6.45) is 0. The highest BCUT2D eigenvalue weighted by molar-refractivity contribution is 5.97. The van der Waals surface area contributed by atoms with Crippen molar-refractivity contribution in [3.63, 3.8) is 0 Å². The average Bonchev–Trinajstić information content (AvgIpc) is 3.02. The summed E-state index contributed by atoms with van der Waals surface area (Å²) in [5.41, 5.74) is 2.29. The van der Waals surface area contributed by atoms with Crippen molar-refractivity contribution in [2.45, 2.75) is 27.0 Å². The van der Waals surface area contributed by atoms with Crippen molar-refractivity contribution >= 4 is 11.6 Å². The zero-order chi connectivity index (χ0) is 20.1. The fourth-order valence-corrected chi connectivity index (χ4v) is 2.67. The molecular formula is C20H19N3O5. The summed E-state index contributed by atoms with van der Waals surface area (Å²) in [5.74, 6) is 0.409. The number of hydrogen-bond acceptors (Lipinski definition) is 6. The number of nitrogens with one attached hydrogen (secondary N) is 1. The van der Waals surface area contributed by atoms with E-state index in [1.165, 1.54) is 18.2 Å². The Morgan fingerprint density at radius 2 is 1.96 bits per heavy atom. The molecule has 1 amide bonds. The highest BCUT2D eigenvalue weighted by Crippen LogP contribution is 2.26. The molecule has 0 aliphatic rings. The molecule has 0 atom stereocenters. The fraction of sp³-hybridized carbons (Fsp3) is 0.200. The van der Waals surface area contributed by atoms with Crippen molar-refractivity contribution in [3.8, 4) is 5.75 Å². The van der Waals surface area contributed by atoms with Crippen molar-refractivity contribution in [2.24, 2.45) is 0 Å². The van der Waals surface area contributed by atoms with Crippen molar-refractivity contribution in [3.05, 3.63) is 86.8 Å². The second-order valence-corrected chi connectivity index (χ2v) is 6.20. The molecular weight excluding hydrogens is 362 g/mol. The molecule has 0 unspecified atom stereocenters. The Kier molecular flexibility index (Phi) is 5.69. The zero-order valence-electron chi connectivity index (χ0n) is 15.5. The van der Waals surface area contributed by atoms with Crippen LogP contribution in [-0.4, -0.2) is 16.0 Å². The number of amides is 1. The first-order chi connectivity index (χ1) is 13.5. The molecule has 8 heteroatoms. The lowest BCUT2D eigenvalue weighted by Crippen LogP contribution is -2.23. The highest BCUT2D eigenvalue weighted by Gasteiger charge is 2.19. The molecule has 2 aromatic carbocycles. The number of nitro groups is 1. The predicted molar refractivity (Wildman–Crippen MR) is 101 cm³/mol. The first kappa shape index (κ1) is 19.1. The molecule has 0 bridgehead atoms. The van der Waals surface area contributed by atoms with Crippen LogP contribution in [0.5, 0.6) is 5.75 Å². The first-order valence-electron chi connectivity index (χ1n) is 8.61. The number of aryl methyl sites for hydroxylation is 2. The van der Waals surface area contributed by atoms with E-state index < -0.39 is 10.8 Å². The summed E-state index contributed by atoms with van der Waals surface area (Å²) in [6, 6.07) is 13.3. The molecule has 144 valence electrons. The summed E-state index contributed by atoms with van der Waals surface area (Å²) < 4.78 is 10.9. The van der Waals surface area contributed by atoms with Crippen LogP contribution in [0, 0.1) is 24.0 Å². The maximum Gasteiger partial charge on any atom is 0.270 e. The van der Waals surface area contributed by atoms with E-state index in [-0.39, 0.29) is 23.6 Å². The summed E-state index contributed by atoms with van der Waals surface area (Å²) in [5, 5.41) is 17.7. The minimum atomic E-state index is -0.550. The van der Waals surface area contributed by atoms with Gasteiger partial charge in [-0.05, 0) is 25.5 Å². The van der Waals surface area contributed by atoms with Crippen LogP contribution in [-0.2, 0) is 13.2 Å². The van der Waals surface area contributed by atoms with Crippen molar-refractivity contribution < 1.29 is 19.0 Å². The Morgan fingerprint density at radius 1 is 1.21 bits per heavy atom. The van der Waals surface area contributed by atoms with Gasteiger partial charge < -0.3 is 14.6 Å². The molecule has 8 nitrogen and oxygen atoms in total. The van der Waals surface area contributed by atoms with Crippen LogP contribution in [0.15, 0.2) is 53.1 Å². The van der Waals surface area contributed by atoms with Crippen LogP contribution < -0.4 is 10.1 Å². The van der Waals surface area contributed by atoms with Crippen molar-refractivity contribution in [1.29, 1.82) is 0 Å². The number of nitro benzene ring substituents is 1. The number of benzene rings is 2. The van der Waals surface area contributed by atoms with Gasteiger partial charge in [-0.1, -0.05) is 35.5 Å². The third-order valence-corrected chi connectivity index (χ3v) is 4.27. The van der Waals surface area contributed by atoms with Crippen molar-refractivity contribution in [1.82, 2.24) is 10.5 Å². The van der Waals surface area contributed by atoms with Gasteiger partial charge in [-0.25, -0.2) is 0 Å². The largest absolute Gasteiger partial charge is 0.488 e. The fourth-order valence-electron chi connectivity index (χ4n) is 2.67. The smallest absolute Gasteiger partial charge is 0.270 e. The van der Waals surface area contributed by atoms with Gasteiger partial charge in [0, 0.05) is 18.7 Å². The molecule has 0 saturated heterocycles. The molecule has 3 aromatic rings. The van der Waals surface area contributed by atoms with Crippen LogP contribution in [0.25, 0.3) is 0 Å². The Hall–Kier alpha value is -3.68. The molecule has 1 aromatic heterocycles. The van der Waals surface area contributed by atoms with E-state index in [0.29, 0.717) is 18.0 Å². The van der Waals surface area contributed by atoms with Crippen LogP contribution in [0.2, 0.25) is 0 Å². The minimum absolute atomic E-state index is 0.0943. The monoisotopic (exact) mass is 381 g/mol. The van der Waals surface area contributed by atoms with E-state index in [2.05, 4.69) is 10.5 Å². The lowest BCUT2D eigenvalue weighted by Gasteiger charge is -2.12. The zero-order valence-corrected chi connectivity index (χ0v) is 15.5. The number of carbonyl (C=O) groups is 1. The van der Waals surface area contributed by atoms with Crippen LogP contribution in [0.4, 0.5) is 5.69 Å². The van der Waals surface area contributed by atoms with Crippen LogP contribution >= 0.6 is 0 Å². The van der Waals surface area contributed by atoms with Gasteiger partial charge in [-0.3, -0.25) is 14.9 Å². The number of aromatic nitrogens is 1. The number of carbonyl (C=O) groups excluding carboxylic acids is 1. The van der Waals surface area contributed by atoms with E-state index in [9.17, 15) is 14.9 Å². The second kappa shape index (κ2) is 8.34. The van der Waals surface area contributed by atoms with E-state index in [1.807, 2.05) is 30.3 Å². The Labute approximate surface area is 161 Å². The number of nitrogens with zero attached hydrogens (tertiary/aromatic N) is 2. The van der Waals surface area contributed by atoms with Crippen molar-refractivity contribution in [2.75, 3.05) is 0 Å². The number of rotatable bonds is 7. The third-order valence-electron chi connectivity index (χ3n) is 4.27. The molecule has 3 rings (SSSR count). The molecule has 0 aliphatic heterocycles.